The fourth-order valence-corrected chi connectivity index (χ4v) is 4.52. The van der Waals surface area contributed by atoms with E-state index in [1.807, 2.05) is 11.8 Å². The van der Waals surface area contributed by atoms with Crippen LogP contribution in [0.15, 0.2) is 23.6 Å². The summed E-state index contributed by atoms with van der Waals surface area (Å²) in [7, 11) is 0. The molecule has 1 nitrogen and oxygen atoms in total. The van der Waals surface area contributed by atoms with Crippen molar-refractivity contribution >= 4 is 11.8 Å². The average molecular weight is 238 g/mol. The van der Waals surface area contributed by atoms with Crippen LogP contribution in [0.3, 0.4) is 0 Å². The molecule has 0 aromatic heterocycles. The van der Waals surface area contributed by atoms with E-state index in [9.17, 15) is 5.11 Å². The third-order valence-electron chi connectivity index (χ3n) is 4.88. The van der Waals surface area contributed by atoms with Crippen molar-refractivity contribution in [1.82, 2.24) is 0 Å². The number of hydrogen-bond acceptors (Lipinski definition) is 2. The molecular formula is C14H22OS. The van der Waals surface area contributed by atoms with E-state index in [2.05, 4.69) is 33.4 Å². The fourth-order valence-electron chi connectivity index (χ4n) is 3.09. The van der Waals surface area contributed by atoms with Crippen molar-refractivity contribution in [3.63, 3.8) is 0 Å². The first-order valence-corrected chi connectivity index (χ1v) is 7.06. The van der Waals surface area contributed by atoms with Gasteiger partial charge in [0.1, 0.15) is 0 Å². The van der Waals surface area contributed by atoms with Crippen LogP contribution in [0, 0.1) is 16.7 Å². The first-order chi connectivity index (χ1) is 7.41. The molecule has 0 radical (unpaired) electrons. The lowest BCUT2D eigenvalue weighted by Crippen LogP contribution is -2.29. The molecule has 2 bridgehead atoms. The molecule has 1 saturated carbocycles. The molecule has 1 N–H and O–H groups in total. The van der Waals surface area contributed by atoms with Gasteiger partial charge in [0.15, 0.2) is 0 Å². The van der Waals surface area contributed by atoms with Gasteiger partial charge in [-0.15, -0.1) is 18.3 Å². The number of hydrogen-bond donors (Lipinski definition) is 1. The van der Waals surface area contributed by atoms with Crippen molar-refractivity contribution in [2.75, 3.05) is 5.75 Å². The van der Waals surface area contributed by atoms with Crippen molar-refractivity contribution in [3.8, 4) is 0 Å². The molecule has 2 aliphatic rings. The highest BCUT2D eigenvalue weighted by molar-refractivity contribution is 8.03. The average Bonchev–Trinajstić information content (AvgIpc) is 2.58. The largest absolute Gasteiger partial charge is 0.388 e. The smallest absolute Gasteiger partial charge is 0.0812 e. The number of thioether (sulfide) groups is 1. The van der Waals surface area contributed by atoms with Gasteiger partial charge in [0.2, 0.25) is 0 Å². The zero-order valence-electron chi connectivity index (χ0n) is 10.5. The first kappa shape index (κ1) is 12.3. The number of aliphatic hydroxyl groups is 1. The number of fused-ring (bicyclic) bond motifs is 2. The Kier molecular flexibility index (Phi) is 3.00. The van der Waals surface area contributed by atoms with Gasteiger partial charge in [0.05, 0.1) is 6.10 Å². The molecular weight excluding hydrogens is 216 g/mol. The predicted molar refractivity (Wildman–Crippen MR) is 71.4 cm³/mol. The van der Waals surface area contributed by atoms with E-state index in [1.165, 1.54) is 17.7 Å². The van der Waals surface area contributed by atoms with Crippen molar-refractivity contribution < 1.29 is 5.11 Å². The van der Waals surface area contributed by atoms with Gasteiger partial charge in [-0.3, -0.25) is 0 Å². The summed E-state index contributed by atoms with van der Waals surface area (Å²) < 4.78 is 0. The van der Waals surface area contributed by atoms with E-state index in [0.717, 1.165) is 11.7 Å². The molecule has 0 saturated heterocycles. The monoisotopic (exact) mass is 238 g/mol. The maximum Gasteiger partial charge on any atom is 0.0812 e. The lowest BCUT2D eigenvalue weighted by atomic mass is 9.70. The van der Waals surface area contributed by atoms with Crippen molar-refractivity contribution in [2.45, 2.75) is 39.7 Å². The first-order valence-electron chi connectivity index (χ1n) is 6.07. The molecule has 3 atom stereocenters. The third kappa shape index (κ3) is 1.58. The second kappa shape index (κ2) is 3.92. The lowest BCUT2D eigenvalue weighted by Gasteiger charge is -2.37. The molecule has 1 unspecified atom stereocenters. The van der Waals surface area contributed by atoms with Crippen LogP contribution in [-0.2, 0) is 0 Å². The Bertz CT molecular complexity index is 332. The number of aliphatic hydroxyl groups excluding tert-OH is 1. The summed E-state index contributed by atoms with van der Waals surface area (Å²) in [5, 5.41) is 9.54. The maximum atomic E-state index is 9.54. The van der Waals surface area contributed by atoms with Crippen LogP contribution >= 0.6 is 11.8 Å². The molecule has 16 heavy (non-hydrogen) atoms. The van der Waals surface area contributed by atoms with Crippen molar-refractivity contribution in [2.24, 2.45) is 16.7 Å². The minimum Gasteiger partial charge on any atom is -0.388 e. The van der Waals surface area contributed by atoms with Crippen LogP contribution < -0.4 is 0 Å². The zero-order chi connectivity index (χ0) is 12.0. The van der Waals surface area contributed by atoms with Gasteiger partial charge in [-0.25, -0.2) is 0 Å². The highest BCUT2D eigenvalue weighted by Crippen LogP contribution is 2.67. The molecule has 90 valence electrons. The van der Waals surface area contributed by atoms with Gasteiger partial charge in [-0.1, -0.05) is 32.9 Å². The quantitative estimate of drug-likeness (QED) is 0.755. The summed E-state index contributed by atoms with van der Waals surface area (Å²) in [5.74, 6) is 1.48. The standard InChI is InChI=1S/C14H22OS/c1-5-11(15)9-16-12-8-10-6-7-14(12,4)13(10,2)3/h5,8,10-11,15H,1,6-7,9H2,2-4H3/t10-,11?,14+/m1/s1. The molecule has 1 fully saturated rings. The Morgan fingerprint density at radius 2 is 2.31 bits per heavy atom. The molecule has 2 rings (SSSR count). The molecule has 0 aromatic rings. The Morgan fingerprint density at radius 3 is 2.75 bits per heavy atom. The normalized spacial score (nSPS) is 37.2. The second-order valence-electron chi connectivity index (χ2n) is 5.84. The minimum absolute atomic E-state index is 0.337. The summed E-state index contributed by atoms with van der Waals surface area (Å²) in [6.07, 6.45) is 6.32. The predicted octanol–water partition coefficient (Wildman–Crippen LogP) is 3.61. The van der Waals surface area contributed by atoms with Gasteiger partial charge in [0.25, 0.3) is 0 Å². The molecule has 2 aliphatic carbocycles. The molecule has 0 aliphatic heterocycles. The molecule has 2 heteroatoms. The molecule has 0 amide bonds. The number of allylic oxidation sites excluding steroid dienone is 2. The van der Waals surface area contributed by atoms with Crippen LogP contribution in [0.4, 0.5) is 0 Å². The van der Waals surface area contributed by atoms with Gasteiger partial charge < -0.3 is 5.11 Å². The SMILES string of the molecule is C=CC(O)CSC1=C[C@H]2CC[C@]1(C)C2(C)C. The van der Waals surface area contributed by atoms with Crippen LogP contribution in [0.25, 0.3) is 0 Å². The van der Waals surface area contributed by atoms with Crippen LogP contribution in [0.5, 0.6) is 0 Å². The highest BCUT2D eigenvalue weighted by atomic mass is 32.2. The van der Waals surface area contributed by atoms with Crippen LogP contribution in [0.2, 0.25) is 0 Å². The van der Waals surface area contributed by atoms with E-state index in [0.29, 0.717) is 10.8 Å². The van der Waals surface area contributed by atoms with Crippen molar-refractivity contribution in [1.29, 1.82) is 0 Å². The van der Waals surface area contributed by atoms with Gasteiger partial charge in [0, 0.05) is 11.2 Å². The van der Waals surface area contributed by atoms with E-state index >= 15 is 0 Å². The Balaban J connectivity index is 2.08. The summed E-state index contributed by atoms with van der Waals surface area (Å²) in [4.78, 5) is 1.50. The minimum atomic E-state index is -0.378. The van der Waals surface area contributed by atoms with E-state index < -0.39 is 0 Å². The maximum absolute atomic E-state index is 9.54. The second-order valence-corrected chi connectivity index (χ2v) is 6.91. The third-order valence-corrected chi connectivity index (χ3v) is 6.29. The Labute approximate surface area is 103 Å². The Morgan fingerprint density at radius 1 is 1.62 bits per heavy atom. The van der Waals surface area contributed by atoms with E-state index in [1.54, 1.807) is 6.08 Å². The zero-order valence-corrected chi connectivity index (χ0v) is 11.3. The summed E-state index contributed by atoms with van der Waals surface area (Å²) in [6.45, 7) is 10.8. The van der Waals surface area contributed by atoms with Gasteiger partial charge in [-0.05, 0) is 29.1 Å². The molecule has 0 heterocycles. The summed E-state index contributed by atoms with van der Waals surface area (Å²) in [5.41, 5.74) is 0.734. The van der Waals surface area contributed by atoms with Gasteiger partial charge >= 0.3 is 0 Å². The summed E-state index contributed by atoms with van der Waals surface area (Å²) >= 11 is 1.82. The van der Waals surface area contributed by atoms with E-state index in [4.69, 9.17) is 0 Å². The number of rotatable bonds is 4. The Hall–Kier alpha value is -0.210. The van der Waals surface area contributed by atoms with E-state index in [-0.39, 0.29) is 6.10 Å². The van der Waals surface area contributed by atoms with Gasteiger partial charge in [-0.2, -0.15) is 0 Å². The molecule has 0 aromatic carbocycles. The van der Waals surface area contributed by atoms with Crippen LogP contribution in [-0.4, -0.2) is 17.0 Å². The topological polar surface area (TPSA) is 20.2 Å². The summed E-state index contributed by atoms with van der Waals surface area (Å²) in [6, 6.07) is 0. The fraction of sp³-hybridized carbons (Fsp3) is 0.714. The lowest BCUT2D eigenvalue weighted by molar-refractivity contribution is 0.178. The van der Waals surface area contributed by atoms with Crippen molar-refractivity contribution in [3.05, 3.63) is 23.6 Å². The highest BCUT2D eigenvalue weighted by Gasteiger charge is 2.56. The van der Waals surface area contributed by atoms with Crippen LogP contribution in [0.1, 0.15) is 33.6 Å². The molecule has 0 spiro atoms.